The average Bonchev–Trinajstić information content (AvgIpc) is 3.31. The highest BCUT2D eigenvalue weighted by molar-refractivity contribution is 6.08. The molecule has 25 heavy (non-hydrogen) atoms. The van der Waals surface area contributed by atoms with Gasteiger partial charge in [0.05, 0.1) is 23.9 Å². The summed E-state index contributed by atoms with van der Waals surface area (Å²) in [6, 6.07) is 9.01. The number of anilines is 1. The second-order valence-corrected chi connectivity index (χ2v) is 6.20. The fourth-order valence-electron chi connectivity index (χ4n) is 3.35. The van der Waals surface area contributed by atoms with Crippen LogP contribution in [0.2, 0.25) is 0 Å². The third-order valence-electron chi connectivity index (χ3n) is 4.63. The fourth-order valence-corrected chi connectivity index (χ4v) is 3.35. The van der Waals surface area contributed by atoms with Crippen LogP contribution in [0.3, 0.4) is 0 Å². The van der Waals surface area contributed by atoms with Crippen LogP contribution in [-0.4, -0.2) is 35.3 Å². The molecule has 0 aliphatic heterocycles. The van der Waals surface area contributed by atoms with Gasteiger partial charge in [-0.05, 0) is 38.0 Å². The Morgan fingerprint density at radius 3 is 2.68 bits per heavy atom. The number of benzene rings is 1. The number of esters is 1. The molecule has 0 spiro atoms. The van der Waals surface area contributed by atoms with Crippen molar-refractivity contribution in [3.05, 3.63) is 47.8 Å². The zero-order chi connectivity index (χ0) is 17.8. The number of carbonyl (C=O) groups is 2. The van der Waals surface area contributed by atoms with Crippen LogP contribution < -0.4 is 4.90 Å². The number of amides is 1. The largest absolute Gasteiger partial charge is 0.462 e. The second-order valence-electron chi connectivity index (χ2n) is 6.20. The predicted octanol–water partition coefficient (Wildman–Crippen LogP) is 3.45. The van der Waals surface area contributed by atoms with Gasteiger partial charge in [0.2, 0.25) is 0 Å². The van der Waals surface area contributed by atoms with Crippen LogP contribution in [0.15, 0.2) is 36.5 Å². The predicted molar refractivity (Wildman–Crippen MR) is 94.9 cm³/mol. The Hall–Kier alpha value is -2.63. The maximum Gasteiger partial charge on any atom is 0.340 e. The molecule has 1 saturated carbocycles. The van der Waals surface area contributed by atoms with Gasteiger partial charge in [0.25, 0.3) is 5.91 Å². The van der Waals surface area contributed by atoms with Crippen LogP contribution in [0.4, 0.5) is 5.69 Å². The van der Waals surface area contributed by atoms with Gasteiger partial charge in [0.15, 0.2) is 0 Å². The molecule has 1 fully saturated rings. The highest BCUT2D eigenvalue weighted by Crippen LogP contribution is 2.30. The number of ether oxygens (including phenoxy) is 1. The first-order valence-electron chi connectivity index (χ1n) is 8.71. The Labute approximate surface area is 147 Å². The molecule has 0 saturated heterocycles. The lowest BCUT2D eigenvalue weighted by atomic mass is 10.1. The van der Waals surface area contributed by atoms with E-state index in [0.717, 1.165) is 12.8 Å². The molecule has 1 aromatic heterocycles. The Morgan fingerprint density at radius 1 is 1.24 bits per heavy atom. The third-order valence-corrected chi connectivity index (χ3v) is 4.63. The molecule has 3 rings (SSSR count). The topological polar surface area (TPSA) is 64.4 Å². The molecular weight excluding hydrogens is 318 g/mol. The van der Waals surface area contributed by atoms with E-state index in [1.54, 1.807) is 50.5 Å². The first-order valence-corrected chi connectivity index (χ1v) is 8.71. The van der Waals surface area contributed by atoms with Gasteiger partial charge in [-0.2, -0.15) is 5.10 Å². The number of hydrogen-bond donors (Lipinski definition) is 0. The molecule has 132 valence electrons. The van der Waals surface area contributed by atoms with Crippen molar-refractivity contribution in [3.8, 4) is 0 Å². The maximum atomic E-state index is 13.0. The summed E-state index contributed by atoms with van der Waals surface area (Å²) < 4.78 is 6.93. The summed E-state index contributed by atoms with van der Waals surface area (Å²) in [5.74, 6) is -0.608. The molecule has 0 unspecified atom stereocenters. The van der Waals surface area contributed by atoms with E-state index in [1.807, 2.05) is 4.68 Å². The molecule has 0 bridgehead atoms. The summed E-state index contributed by atoms with van der Waals surface area (Å²) in [6.07, 6.45) is 6.09. The van der Waals surface area contributed by atoms with E-state index in [1.165, 1.54) is 17.7 Å². The Morgan fingerprint density at radius 2 is 1.96 bits per heavy atom. The van der Waals surface area contributed by atoms with E-state index in [2.05, 4.69) is 5.10 Å². The molecule has 2 aromatic rings. The molecule has 0 N–H and O–H groups in total. The number of hydrogen-bond acceptors (Lipinski definition) is 4. The van der Waals surface area contributed by atoms with E-state index < -0.39 is 5.97 Å². The molecule has 1 aliphatic carbocycles. The first-order chi connectivity index (χ1) is 12.1. The minimum absolute atomic E-state index is 0.179. The number of nitrogens with zero attached hydrogens (tertiary/aromatic N) is 3. The van der Waals surface area contributed by atoms with Gasteiger partial charge in [-0.3, -0.25) is 9.48 Å². The summed E-state index contributed by atoms with van der Waals surface area (Å²) in [4.78, 5) is 26.7. The van der Waals surface area contributed by atoms with Crippen molar-refractivity contribution in [2.45, 2.75) is 38.6 Å². The van der Waals surface area contributed by atoms with Gasteiger partial charge < -0.3 is 9.64 Å². The second kappa shape index (κ2) is 7.51. The highest BCUT2D eigenvalue weighted by atomic mass is 16.5. The molecule has 1 amide bonds. The van der Waals surface area contributed by atoms with E-state index in [4.69, 9.17) is 4.74 Å². The lowest BCUT2D eigenvalue weighted by Gasteiger charge is -2.22. The van der Waals surface area contributed by atoms with E-state index >= 15 is 0 Å². The standard InChI is InChI=1S/C19H23N3O3/c1-3-25-19(24)15-10-6-7-11-16(15)21(2)18(23)17-12-13-20-22(17)14-8-4-5-9-14/h6-7,10-14H,3-5,8-9H2,1-2H3. The molecule has 1 aliphatic rings. The van der Waals surface area contributed by atoms with Crippen molar-refractivity contribution in [2.75, 3.05) is 18.6 Å². The molecule has 1 aromatic carbocycles. The van der Waals surface area contributed by atoms with Crippen molar-refractivity contribution < 1.29 is 14.3 Å². The minimum atomic E-state index is -0.429. The zero-order valence-corrected chi connectivity index (χ0v) is 14.6. The van der Waals surface area contributed by atoms with Gasteiger partial charge >= 0.3 is 5.97 Å². The van der Waals surface area contributed by atoms with Gasteiger partial charge in [-0.25, -0.2) is 4.79 Å². The molecule has 0 radical (unpaired) electrons. The lowest BCUT2D eigenvalue weighted by molar-refractivity contribution is 0.0527. The Kier molecular flexibility index (Phi) is 5.16. The smallest absolute Gasteiger partial charge is 0.340 e. The maximum absolute atomic E-state index is 13.0. The van der Waals surface area contributed by atoms with Crippen molar-refractivity contribution in [2.24, 2.45) is 0 Å². The van der Waals surface area contributed by atoms with Crippen molar-refractivity contribution in [1.29, 1.82) is 0 Å². The fraction of sp³-hybridized carbons (Fsp3) is 0.421. The molecule has 1 heterocycles. The number of rotatable bonds is 5. The van der Waals surface area contributed by atoms with E-state index in [-0.39, 0.29) is 11.9 Å². The van der Waals surface area contributed by atoms with Gasteiger partial charge in [-0.15, -0.1) is 0 Å². The summed E-state index contributed by atoms with van der Waals surface area (Å²) in [5, 5.41) is 4.36. The van der Waals surface area contributed by atoms with Crippen LogP contribution >= 0.6 is 0 Å². The average molecular weight is 341 g/mol. The normalized spacial score (nSPS) is 14.5. The van der Waals surface area contributed by atoms with E-state index in [0.29, 0.717) is 23.6 Å². The lowest BCUT2D eigenvalue weighted by Crippen LogP contribution is -2.31. The van der Waals surface area contributed by atoms with Crippen LogP contribution in [0.25, 0.3) is 0 Å². The van der Waals surface area contributed by atoms with Crippen LogP contribution in [-0.2, 0) is 4.74 Å². The summed E-state index contributed by atoms with van der Waals surface area (Å²) in [7, 11) is 1.67. The Balaban J connectivity index is 1.89. The summed E-state index contributed by atoms with van der Waals surface area (Å²) in [5.41, 5.74) is 1.46. The van der Waals surface area contributed by atoms with Gasteiger partial charge in [0.1, 0.15) is 5.69 Å². The first kappa shape index (κ1) is 17.2. The Bertz CT molecular complexity index is 763. The molecule has 6 heteroatoms. The van der Waals surface area contributed by atoms with Crippen molar-refractivity contribution in [3.63, 3.8) is 0 Å². The van der Waals surface area contributed by atoms with Crippen LogP contribution in [0.1, 0.15) is 59.5 Å². The van der Waals surface area contributed by atoms with Crippen LogP contribution in [0.5, 0.6) is 0 Å². The number of para-hydroxylation sites is 1. The van der Waals surface area contributed by atoms with Crippen molar-refractivity contribution >= 4 is 17.6 Å². The number of carbonyl (C=O) groups excluding carboxylic acids is 2. The summed E-state index contributed by atoms with van der Waals surface area (Å²) >= 11 is 0. The highest BCUT2D eigenvalue weighted by Gasteiger charge is 2.26. The molecule has 6 nitrogen and oxygen atoms in total. The van der Waals surface area contributed by atoms with E-state index in [9.17, 15) is 9.59 Å². The van der Waals surface area contributed by atoms with Gasteiger partial charge in [0, 0.05) is 13.2 Å². The summed E-state index contributed by atoms with van der Waals surface area (Å²) in [6.45, 7) is 2.05. The SMILES string of the molecule is CCOC(=O)c1ccccc1N(C)C(=O)c1ccnn1C1CCCC1. The third kappa shape index (κ3) is 3.43. The van der Waals surface area contributed by atoms with Crippen molar-refractivity contribution in [1.82, 2.24) is 9.78 Å². The number of aromatic nitrogens is 2. The monoisotopic (exact) mass is 341 g/mol. The molecular formula is C19H23N3O3. The minimum Gasteiger partial charge on any atom is -0.462 e. The molecule has 0 atom stereocenters. The quantitative estimate of drug-likeness (QED) is 0.781. The van der Waals surface area contributed by atoms with Gasteiger partial charge in [-0.1, -0.05) is 25.0 Å². The zero-order valence-electron chi connectivity index (χ0n) is 14.6. The van der Waals surface area contributed by atoms with Crippen LogP contribution in [0, 0.1) is 0 Å².